The fourth-order valence-electron chi connectivity index (χ4n) is 2.04. The van der Waals surface area contributed by atoms with Gasteiger partial charge in [0.2, 0.25) is 5.90 Å². The summed E-state index contributed by atoms with van der Waals surface area (Å²) >= 11 is 0. The van der Waals surface area contributed by atoms with Crippen LogP contribution in [0.2, 0.25) is 0 Å². The van der Waals surface area contributed by atoms with Gasteiger partial charge in [-0.3, -0.25) is 0 Å². The topological polar surface area (TPSA) is 54.7 Å². The van der Waals surface area contributed by atoms with Gasteiger partial charge < -0.3 is 9.84 Å². The summed E-state index contributed by atoms with van der Waals surface area (Å²) in [6.45, 7) is 10.8. The molecule has 110 valence electrons. The van der Waals surface area contributed by atoms with Crippen LogP contribution in [0.25, 0.3) is 0 Å². The van der Waals surface area contributed by atoms with E-state index in [4.69, 9.17) is 4.74 Å². The highest BCUT2D eigenvalue weighted by atomic mass is 16.5. The highest BCUT2D eigenvalue weighted by Crippen LogP contribution is 2.31. The van der Waals surface area contributed by atoms with Gasteiger partial charge in [-0.05, 0) is 23.5 Å². The van der Waals surface area contributed by atoms with E-state index in [2.05, 4.69) is 23.8 Å². The number of nitrogens with zero attached hydrogens (tertiary/aromatic N) is 2. The third kappa shape index (κ3) is 3.18. The molecule has 1 aliphatic rings. The lowest BCUT2D eigenvalue weighted by Gasteiger charge is -2.25. The molecule has 0 amide bonds. The van der Waals surface area contributed by atoms with Gasteiger partial charge in [0.15, 0.2) is 0 Å². The monoisotopic (exact) mass is 276 g/mol. The smallest absolute Gasteiger partial charge is 0.235 e. The average molecular weight is 276 g/mol. The van der Waals surface area contributed by atoms with Crippen LogP contribution in [-0.2, 0) is 4.74 Å². The number of hydrogen-bond acceptors (Lipinski definition) is 4. The molecular formula is C16H24N2O2. The third-order valence-electron chi connectivity index (χ3n) is 3.53. The summed E-state index contributed by atoms with van der Waals surface area (Å²) in [4.78, 5) is 9.08. The number of ether oxygens (including phenoxy) is 1. The Balaban J connectivity index is 2.25. The van der Waals surface area contributed by atoms with Crippen molar-refractivity contribution in [3.63, 3.8) is 0 Å². The van der Waals surface area contributed by atoms with Crippen LogP contribution in [0.4, 0.5) is 0 Å². The number of pyridine rings is 1. The van der Waals surface area contributed by atoms with E-state index in [1.165, 1.54) is 0 Å². The maximum Gasteiger partial charge on any atom is 0.235 e. The van der Waals surface area contributed by atoms with Gasteiger partial charge in [-0.25, -0.2) is 9.98 Å². The fourth-order valence-corrected chi connectivity index (χ4v) is 2.04. The number of aromatic nitrogens is 1. The molecular weight excluding hydrogens is 252 g/mol. The Morgan fingerprint density at radius 1 is 1.30 bits per heavy atom. The SMILES string of the molecule is CC(C)[C@H]1COC(c2cccc([C@H](O)C(C)(C)C)n2)=N1. The molecule has 4 heteroatoms. The largest absolute Gasteiger partial charge is 0.474 e. The molecule has 20 heavy (non-hydrogen) atoms. The van der Waals surface area contributed by atoms with E-state index in [0.29, 0.717) is 29.8 Å². The lowest BCUT2D eigenvalue weighted by molar-refractivity contribution is 0.0588. The molecule has 4 nitrogen and oxygen atoms in total. The second-order valence-electron chi connectivity index (χ2n) is 6.77. The van der Waals surface area contributed by atoms with Gasteiger partial charge in [-0.1, -0.05) is 40.7 Å². The molecule has 0 bridgehead atoms. The van der Waals surface area contributed by atoms with E-state index in [1.54, 1.807) is 0 Å². The molecule has 1 aromatic heterocycles. The lowest BCUT2D eigenvalue weighted by Crippen LogP contribution is -2.20. The predicted octanol–water partition coefficient (Wildman–Crippen LogP) is 2.96. The van der Waals surface area contributed by atoms with E-state index in [9.17, 15) is 5.11 Å². The summed E-state index contributed by atoms with van der Waals surface area (Å²) in [6, 6.07) is 5.80. The molecule has 0 unspecified atom stereocenters. The molecule has 2 rings (SSSR count). The zero-order chi connectivity index (χ0) is 14.9. The first kappa shape index (κ1) is 15.0. The van der Waals surface area contributed by atoms with Crippen molar-refractivity contribution in [1.29, 1.82) is 0 Å². The van der Waals surface area contributed by atoms with Crippen molar-refractivity contribution in [3.05, 3.63) is 29.6 Å². The molecule has 0 saturated carbocycles. The van der Waals surface area contributed by atoms with Crippen LogP contribution in [0.15, 0.2) is 23.2 Å². The van der Waals surface area contributed by atoms with Crippen LogP contribution in [0.5, 0.6) is 0 Å². The van der Waals surface area contributed by atoms with Gasteiger partial charge in [0.1, 0.15) is 18.4 Å². The Morgan fingerprint density at radius 3 is 2.55 bits per heavy atom. The van der Waals surface area contributed by atoms with E-state index in [-0.39, 0.29) is 11.5 Å². The molecule has 0 aromatic carbocycles. The first-order valence-corrected chi connectivity index (χ1v) is 7.15. The quantitative estimate of drug-likeness (QED) is 0.923. The van der Waals surface area contributed by atoms with Crippen molar-refractivity contribution in [2.75, 3.05) is 6.61 Å². The van der Waals surface area contributed by atoms with Crippen LogP contribution in [0.3, 0.4) is 0 Å². The molecule has 0 radical (unpaired) electrons. The van der Waals surface area contributed by atoms with Crippen molar-refractivity contribution in [3.8, 4) is 0 Å². The summed E-state index contributed by atoms with van der Waals surface area (Å²) in [5.41, 5.74) is 1.12. The van der Waals surface area contributed by atoms with Gasteiger partial charge in [0.05, 0.1) is 11.7 Å². The van der Waals surface area contributed by atoms with Crippen LogP contribution in [0.1, 0.15) is 52.1 Å². The summed E-state index contributed by atoms with van der Waals surface area (Å²) in [5, 5.41) is 10.3. The lowest BCUT2D eigenvalue weighted by atomic mass is 9.87. The number of aliphatic hydroxyl groups excluding tert-OH is 1. The number of rotatable bonds is 3. The molecule has 0 aliphatic carbocycles. The number of aliphatic hydroxyl groups is 1. The van der Waals surface area contributed by atoms with Crippen LogP contribution in [-0.4, -0.2) is 28.6 Å². The first-order valence-electron chi connectivity index (χ1n) is 7.15. The Morgan fingerprint density at radius 2 is 2.00 bits per heavy atom. The minimum absolute atomic E-state index is 0.197. The zero-order valence-electron chi connectivity index (χ0n) is 12.9. The fraction of sp³-hybridized carbons (Fsp3) is 0.625. The number of aliphatic imine (C=N–C) groups is 1. The van der Waals surface area contributed by atoms with Crippen LogP contribution in [0, 0.1) is 11.3 Å². The number of hydrogen-bond donors (Lipinski definition) is 1. The Bertz CT molecular complexity index is 503. The Labute approximate surface area is 120 Å². The van der Waals surface area contributed by atoms with E-state index in [0.717, 1.165) is 0 Å². The highest BCUT2D eigenvalue weighted by molar-refractivity contribution is 5.93. The molecule has 0 spiro atoms. The molecule has 1 N–H and O–H groups in total. The molecule has 1 aliphatic heterocycles. The summed E-state index contributed by atoms with van der Waals surface area (Å²) in [5.74, 6) is 1.04. The average Bonchev–Trinajstić information content (AvgIpc) is 2.86. The maximum absolute atomic E-state index is 10.3. The van der Waals surface area contributed by atoms with Crippen molar-refractivity contribution in [2.24, 2.45) is 16.3 Å². The van der Waals surface area contributed by atoms with Gasteiger partial charge in [-0.15, -0.1) is 0 Å². The second-order valence-corrected chi connectivity index (χ2v) is 6.77. The van der Waals surface area contributed by atoms with Gasteiger partial charge in [-0.2, -0.15) is 0 Å². The van der Waals surface area contributed by atoms with Crippen LogP contribution >= 0.6 is 0 Å². The maximum atomic E-state index is 10.3. The van der Waals surface area contributed by atoms with E-state index < -0.39 is 6.10 Å². The van der Waals surface area contributed by atoms with Crippen molar-refractivity contribution < 1.29 is 9.84 Å². The van der Waals surface area contributed by atoms with E-state index in [1.807, 2.05) is 39.0 Å². The Hall–Kier alpha value is -1.42. The molecule has 2 atom stereocenters. The third-order valence-corrected chi connectivity index (χ3v) is 3.53. The minimum Gasteiger partial charge on any atom is -0.474 e. The standard InChI is InChI=1S/C16H24N2O2/c1-10(2)13-9-20-15(18-13)12-8-6-7-11(17-12)14(19)16(3,4)5/h6-8,10,13-14,19H,9H2,1-5H3/t13-,14+/m1/s1. The summed E-state index contributed by atoms with van der Waals surface area (Å²) < 4.78 is 5.64. The normalized spacial score (nSPS) is 20.8. The zero-order valence-corrected chi connectivity index (χ0v) is 12.9. The Kier molecular flexibility index (Phi) is 4.14. The first-order chi connectivity index (χ1) is 9.29. The van der Waals surface area contributed by atoms with Crippen molar-refractivity contribution in [1.82, 2.24) is 4.98 Å². The van der Waals surface area contributed by atoms with Crippen LogP contribution < -0.4 is 0 Å². The molecule has 1 aromatic rings. The summed E-state index contributed by atoms with van der Waals surface area (Å²) in [6.07, 6.45) is -0.606. The van der Waals surface area contributed by atoms with Gasteiger partial charge in [0, 0.05) is 0 Å². The molecule has 0 fully saturated rings. The predicted molar refractivity (Wildman–Crippen MR) is 79.8 cm³/mol. The van der Waals surface area contributed by atoms with Crippen molar-refractivity contribution in [2.45, 2.75) is 46.8 Å². The van der Waals surface area contributed by atoms with Crippen molar-refractivity contribution >= 4 is 5.90 Å². The molecule has 2 heterocycles. The highest BCUT2D eigenvalue weighted by Gasteiger charge is 2.27. The minimum atomic E-state index is -0.606. The van der Waals surface area contributed by atoms with Gasteiger partial charge in [0.25, 0.3) is 0 Å². The van der Waals surface area contributed by atoms with Gasteiger partial charge >= 0.3 is 0 Å². The summed E-state index contributed by atoms with van der Waals surface area (Å²) in [7, 11) is 0. The van der Waals surface area contributed by atoms with E-state index >= 15 is 0 Å². The second kappa shape index (κ2) is 5.52. The molecule has 0 saturated heterocycles.